The van der Waals surface area contributed by atoms with Crippen molar-refractivity contribution in [3.8, 4) is 0 Å². The van der Waals surface area contributed by atoms with Gasteiger partial charge in [0.25, 0.3) is 0 Å². The predicted octanol–water partition coefficient (Wildman–Crippen LogP) is 0.446. The monoisotopic (exact) mass is 277 g/mol. The first-order valence-corrected chi connectivity index (χ1v) is 8.34. The van der Waals surface area contributed by atoms with E-state index >= 15 is 0 Å². The van der Waals surface area contributed by atoms with Crippen LogP contribution in [0.1, 0.15) is 26.2 Å². The fourth-order valence-electron chi connectivity index (χ4n) is 2.73. The number of aliphatic hydroxyl groups is 1. The molecule has 2 saturated heterocycles. The molecule has 0 aromatic carbocycles. The van der Waals surface area contributed by atoms with Gasteiger partial charge in [-0.2, -0.15) is 0 Å². The van der Waals surface area contributed by atoms with Crippen LogP contribution >= 0.6 is 0 Å². The quantitative estimate of drug-likeness (QED) is 0.792. The normalized spacial score (nSPS) is 34.2. The first-order valence-electron chi connectivity index (χ1n) is 6.73. The first kappa shape index (κ1) is 14.2. The van der Waals surface area contributed by atoms with Crippen molar-refractivity contribution < 1.29 is 18.3 Å². The van der Waals surface area contributed by atoms with Crippen LogP contribution in [0, 0.1) is 11.8 Å². The summed E-state index contributed by atoms with van der Waals surface area (Å²) in [6.45, 7) is 3.83. The lowest BCUT2D eigenvalue weighted by Gasteiger charge is -2.17. The van der Waals surface area contributed by atoms with Gasteiger partial charge in [0.05, 0.1) is 11.9 Å². The molecule has 0 aromatic heterocycles. The SMILES string of the molecule is C[C@@H]1CN(S(=O)(=O)CCC2CCCO2)C[C@H]1CO. The molecule has 0 aliphatic carbocycles. The highest BCUT2D eigenvalue weighted by Crippen LogP contribution is 2.26. The van der Waals surface area contributed by atoms with Crippen molar-refractivity contribution in [1.29, 1.82) is 0 Å². The van der Waals surface area contributed by atoms with Gasteiger partial charge in [0, 0.05) is 26.3 Å². The molecule has 2 aliphatic rings. The molecule has 106 valence electrons. The summed E-state index contributed by atoms with van der Waals surface area (Å²) in [7, 11) is -3.18. The van der Waals surface area contributed by atoms with Crippen molar-refractivity contribution in [2.45, 2.75) is 32.3 Å². The lowest BCUT2D eigenvalue weighted by Crippen LogP contribution is -2.32. The minimum absolute atomic E-state index is 0.0684. The van der Waals surface area contributed by atoms with Gasteiger partial charge in [-0.25, -0.2) is 12.7 Å². The molecule has 2 fully saturated rings. The van der Waals surface area contributed by atoms with Crippen LogP contribution in [0.2, 0.25) is 0 Å². The molecule has 1 N–H and O–H groups in total. The third-order valence-electron chi connectivity index (χ3n) is 4.08. The molecule has 1 unspecified atom stereocenters. The number of hydrogen-bond donors (Lipinski definition) is 1. The molecule has 18 heavy (non-hydrogen) atoms. The van der Waals surface area contributed by atoms with Gasteiger partial charge >= 0.3 is 0 Å². The molecule has 0 bridgehead atoms. The smallest absolute Gasteiger partial charge is 0.214 e. The van der Waals surface area contributed by atoms with Gasteiger partial charge in [-0.15, -0.1) is 0 Å². The molecule has 2 aliphatic heterocycles. The number of ether oxygens (including phenoxy) is 1. The van der Waals surface area contributed by atoms with Crippen LogP contribution in [0.3, 0.4) is 0 Å². The van der Waals surface area contributed by atoms with Crippen LogP contribution in [-0.4, -0.2) is 56.0 Å². The lowest BCUT2D eigenvalue weighted by molar-refractivity contribution is 0.108. The Morgan fingerprint density at radius 1 is 1.39 bits per heavy atom. The van der Waals surface area contributed by atoms with Crippen molar-refractivity contribution in [2.24, 2.45) is 11.8 Å². The molecule has 2 rings (SSSR count). The second-order valence-corrected chi connectivity index (χ2v) is 7.57. The summed E-state index contributed by atoms with van der Waals surface area (Å²) in [6, 6.07) is 0. The Balaban J connectivity index is 1.86. The fraction of sp³-hybridized carbons (Fsp3) is 1.00. The molecular formula is C12H23NO4S. The molecule has 0 radical (unpaired) electrons. The maximum Gasteiger partial charge on any atom is 0.214 e. The van der Waals surface area contributed by atoms with E-state index in [0.717, 1.165) is 19.4 Å². The van der Waals surface area contributed by atoms with E-state index in [-0.39, 0.29) is 30.3 Å². The minimum atomic E-state index is -3.18. The van der Waals surface area contributed by atoms with E-state index in [1.54, 1.807) is 0 Å². The van der Waals surface area contributed by atoms with E-state index in [1.807, 2.05) is 6.92 Å². The highest BCUT2D eigenvalue weighted by molar-refractivity contribution is 7.89. The topological polar surface area (TPSA) is 66.8 Å². The van der Waals surface area contributed by atoms with Crippen LogP contribution in [0.15, 0.2) is 0 Å². The van der Waals surface area contributed by atoms with Crippen molar-refractivity contribution in [2.75, 3.05) is 32.1 Å². The van der Waals surface area contributed by atoms with Crippen LogP contribution < -0.4 is 0 Å². The second kappa shape index (κ2) is 5.86. The molecule has 0 saturated carbocycles. The molecule has 3 atom stereocenters. The number of sulfonamides is 1. The lowest BCUT2D eigenvalue weighted by atomic mass is 10.00. The number of aliphatic hydroxyl groups excluding tert-OH is 1. The Bertz CT molecular complexity index is 364. The van der Waals surface area contributed by atoms with Gasteiger partial charge in [0.1, 0.15) is 0 Å². The third-order valence-corrected chi connectivity index (χ3v) is 5.92. The maximum absolute atomic E-state index is 12.2. The molecule has 0 amide bonds. The zero-order chi connectivity index (χ0) is 13.2. The minimum Gasteiger partial charge on any atom is -0.396 e. The van der Waals surface area contributed by atoms with Gasteiger partial charge in [0.2, 0.25) is 10.0 Å². The Morgan fingerprint density at radius 2 is 2.17 bits per heavy atom. The van der Waals surface area contributed by atoms with Crippen LogP contribution in [0.25, 0.3) is 0 Å². The summed E-state index contributed by atoms with van der Waals surface area (Å²) >= 11 is 0. The molecule has 6 heteroatoms. The van der Waals surface area contributed by atoms with Crippen molar-refractivity contribution in [1.82, 2.24) is 4.31 Å². The molecule has 5 nitrogen and oxygen atoms in total. The van der Waals surface area contributed by atoms with Crippen molar-refractivity contribution in [3.05, 3.63) is 0 Å². The zero-order valence-electron chi connectivity index (χ0n) is 10.9. The van der Waals surface area contributed by atoms with Crippen molar-refractivity contribution in [3.63, 3.8) is 0 Å². The Kier molecular flexibility index (Phi) is 4.64. The highest BCUT2D eigenvalue weighted by Gasteiger charge is 2.36. The first-order chi connectivity index (χ1) is 8.53. The zero-order valence-corrected chi connectivity index (χ0v) is 11.7. The number of hydrogen-bond acceptors (Lipinski definition) is 4. The average Bonchev–Trinajstić information content (AvgIpc) is 2.95. The summed E-state index contributed by atoms with van der Waals surface area (Å²) in [4.78, 5) is 0. The average molecular weight is 277 g/mol. The summed E-state index contributed by atoms with van der Waals surface area (Å²) < 4.78 is 31.4. The van der Waals surface area contributed by atoms with Crippen LogP contribution in [0.5, 0.6) is 0 Å². The standard InChI is InChI=1S/C12H23NO4S/c1-10-7-13(8-11(10)9-14)18(15,16)6-4-12-3-2-5-17-12/h10-12,14H,2-9H2,1H3/t10-,11+,12?/m1/s1. The predicted molar refractivity (Wildman–Crippen MR) is 68.7 cm³/mol. The molecular weight excluding hydrogens is 254 g/mol. The van der Waals surface area contributed by atoms with Gasteiger partial charge in [-0.05, 0) is 31.1 Å². The molecule has 0 aromatic rings. The maximum atomic E-state index is 12.2. The van der Waals surface area contributed by atoms with Gasteiger partial charge in [-0.1, -0.05) is 6.92 Å². The van der Waals surface area contributed by atoms with Gasteiger partial charge < -0.3 is 9.84 Å². The number of nitrogens with zero attached hydrogens (tertiary/aromatic N) is 1. The van der Waals surface area contributed by atoms with E-state index in [1.165, 1.54) is 4.31 Å². The summed E-state index contributed by atoms with van der Waals surface area (Å²) in [5, 5.41) is 9.18. The fourth-order valence-corrected chi connectivity index (χ4v) is 4.43. The van der Waals surface area contributed by atoms with Gasteiger partial charge in [0.15, 0.2) is 0 Å². The summed E-state index contributed by atoms with van der Waals surface area (Å²) in [5.74, 6) is 0.498. The van der Waals surface area contributed by atoms with E-state index in [2.05, 4.69) is 0 Å². The van der Waals surface area contributed by atoms with Gasteiger partial charge in [-0.3, -0.25) is 0 Å². The van der Waals surface area contributed by atoms with Crippen LogP contribution in [-0.2, 0) is 14.8 Å². The second-order valence-electron chi connectivity index (χ2n) is 5.48. The third kappa shape index (κ3) is 3.23. The van der Waals surface area contributed by atoms with E-state index < -0.39 is 10.0 Å². The van der Waals surface area contributed by atoms with E-state index in [4.69, 9.17) is 4.74 Å². The Labute approximate surface area is 109 Å². The summed E-state index contributed by atoms with van der Waals surface area (Å²) in [6.07, 6.45) is 2.73. The Hall–Kier alpha value is -0.170. The van der Waals surface area contributed by atoms with E-state index in [9.17, 15) is 13.5 Å². The highest BCUT2D eigenvalue weighted by atomic mass is 32.2. The summed E-state index contributed by atoms with van der Waals surface area (Å²) in [5.41, 5.74) is 0. The van der Waals surface area contributed by atoms with Crippen LogP contribution in [0.4, 0.5) is 0 Å². The van der Waals surface area contributed by atoms with E-state index in [0.29, 0.717) is 19.5 Å². The molecule has 2 heterocycles. The Morgan fingerprint density at radius 3 is 2.72 bits per heavy atom. The molecule has 0 spiro atoms. The van der Waals surface area contributed by atoms with Crippen molar-refractivity contribution >= 4 is 10.0 Å². The number of rotatable bonds is 5. The largest absolute Gasteiger partial charge is 0.396 e.